The highest BCUT2D eigenvalue weighted by atomic mass is 16.6. The SMILES string of the molecule is O=CCCC1CN(c2ccc3c(n2)CC(=O)CO3)C(=O)O1. The lowest BCUT2D eigenvalue weighted by atomic mass is 10.1. The van der Waals surface area contributed by atoms with Gasteiger partial charge < -0.3 is 14.3 Å². The lowest BCUT2D eigenvalue weighted by molar-refractivity contribution is -0.121. The molecule has 0 aliphatic carbocycles. The molecular formula is C14H14N2O5. The van der Waals surface area contributed by atoms with E-state index in [2.05, 4.69) is 4.98 Å². The van der Waals surface area contributed by atoms with Crippen molar-refractivity contribution in [1.29, 1.82) is 0 Å². The number of pyridine rings is 1. The molecule has 7 nitrogen and oxygen atoms in total. The summed E-state index contributed by atoms with van der Waals surface area (Å²) < 4.78 is 10.5. The first-order chi connectivity index (χ1) is 10.2. The van der Waals surface area contributed by atoms with E-state index < -0.39 is 6.09 Å². The number of ether oxygens (including phenoxy) is 2. The van der Waals surface area contributed by atoms with Crippen LogP contribution in [0.4, 0.5) is 10.6 Å². The second-order valence-corrected chi connectivity index (χ2v) is 4.98. The highest BCUT2D eigenvalue weighted by Gasteiger charge is 2.33. The number of cyclic esters (lactones) is 1. The zero-order chi connectivity index (χ0) is 14.8. The Balaban J connectivity index is 1.78. The fraction of sp³-hybridized carbons (Fsp3) is 0.429. The summed E-state index contributed by atoms with van der Waals surface area (Å²) in [5.74, 6) is 0.967. The van der Waals surface area contributed by atoms with E-state index in [4.69, 9.17) is 9.47 Å². The second-order valence-electron chi connectivity index (χ2n) is 4.98. The number of carbonyl (C=O) groups is 3. The topological polar surface area (TPSA) is 85.8 Å². The minimum atomic E-state index is -0.485. The summed E-state index contributed by atoms with van der Waals surface area (Å²) in [6.45, 7) is 0.417. The average molecular weight is 290 g/mol. The van der Waals surface area contributed by atoms with Crippen LogP contribution in [0.15, 0.2) is 12.1 Å². The van der Waals surface area contributed by atoms with E-state index in [9.17, 15) is 14.4 Å². The summed E-state index contributed by atoms with van der Waals surface area (Å²) in [5.41, 5.74) is 0.535. The van der Waals surface area contributed by atoms with Crippen molar-refractivity contribution in [3.05, 3.63) is 17.8 Å². The van der Waals surface area contributed by atoms with Crippen molar-refractivity contribution >= 4 is 24.0 Å². The van der Waals surface area contributed by atoms with Crippen LogP contribution in [0.3, 0.4) is 0 Å². The van der Waals surface area contributed by atoms with Gasteiger partial charge in [-0.05, 0) is 18.6 Å². The van der Waals surface area contributed by atoms with Crippen LogP contribution in [0.2, 0.25) is 0 Å². The molecule has 110 valence electrons. The Morgan fingerprint density at radius 3 is 3.05 bits per heavy atom. The molecule has 2 aliphatic heterocycles. The number of fused-ring (bicyclic) bond motifs is 1. The Morgan fingerprint density at radius 2 is 2.24 bits per heavy atom. The van der Waals surface area contributed by atoms with Gasteiger partial charge in [0.2, 0.25) is 0 Å². The van der Waals surface area contributed by atoms with Crippen LogP contribution in [0.25, 0.3) is 0 Å². The molecule has 21 heavy (non-hydrogen) atoms. The van der Waals surface area contributed by atoms with Gasteiger partial charge in [0.15, 0.2) is 5.78 Å². The number of hydrogen-bond acceptors (Lipinski definition) is 6. The van der Waals surface area contributed by atoms with Crippen molar-refractivity contribution in [3.63, 3.8) is 0 Å². The fourth-order valence-corrected chi connectivity index (χ4v) is 2.39. The lowest BCUT2D eigenvalue weighted by Gasteiger charge is -2.18. The normalized spacial score (nSPS) is 20.8. The minimum Gasteiger partial charge on any atom is -0.484 e. The largest absolute Gasteiger partial charge is 0.484 e. The molecule has 1 saturated heterocycles. The molecule has 1 aromatic heterocycles. The van der Waals surface area contributed by atoms with Crippen molar-refractivity contribution < 1.29 is 23.9 Å². The van der Waals surface area contributed by atoms with Crippen molar-refractivity contribution in [3.8, 4) is 5.75 Å². The molecule has 1 unspecified atom stereocenters. The van der Waals surface area contributed by atoms with E-state index in [0.717, 1.165) is 6.29 Å². The summed E-state index contributed by atoms with van der Waals surface area (Å²) in [7, 11) is 0. The van der Waals surface area contributed by atoms with Crippen LogP contribution in [0.1, 0.15) is 18.5 Å². The highest BCUT2D eigenvalue weighted by molar-refractivity contribution is 5.89. The van der Waals surface area contributed by atoms with Crippen LogP contribution in [-0.2, 0) is 20.7 Å². The molecule has 3 rings (SSSR count). The van der Waals surface area contributed by atoms with E-state index in [-0.39, 0.29) is 24.9 Å². The molecule has 0 bridgehead atoms. The van der Waals surface area contributed by atoms with Gasteiger partial charge in [0.05, 0.1) is 18.7 Å². The van der Waals surface area contributed by atoms with Crippen LogP contribution >= 0.6 is 0 Å². The summed E-state index contributed by atoms with van der Waals surface area (Å²) in [4.78, 5) is 39.4. The van der Waals surface area contributed by atoms with E-state index >= 15 is 0 Å². The molecule has 1 atom stereocenters. The van der Waals surface area contributed by atoms with Gasteiger partial charge in [0.1, 0.15) is 30.6 Å². The van der Waals surface area contributed by atoms with Gasteiger partial charge >= 0.3 is 6.09 Å². The molecule has 0 spiro atoms. The van der Waals surface area contributed by atoms with Crippen molar-refractivity contribution in [2.24, 2.45) is 0 Å². The Bertz CT molecular complexity index is 601. The maximum atomic E-state index is 11.9. The number of amides is 1. The van der Waals surface area contributed by atoms with Gasteiger partial charge in [0, 0.05) is 6.42 Å². The molecule has 0 radical (unpaired) electrons. The van der Waals surface area contributed by atoms with Gasteiger partial charge in [0.25, 0.3) is 0 Å². The average Bonchev–Trinajstić information content (AvgIpc) is 2.85. The molecule has 3 heterocycles. The predicted molar refractivity (Wildman–Crippen MR) is 71.4 cm³/mol. The van der Waals surface area contributed by atoms with E-state index in [1.165, 1.54) is 4.90 Å². The Hall–Kier alpha value is -2.44. The van der Waals surface area contributed by atoms with Crippen LogP contribution in [0, 0.1) is 0 Å². The molecule has 1 aromatic rings. The van der Waals surface area contributed by atoms with Gasteiger partial charge in [-0.1, -0.05) is 0 Å². The van der Waals surface area contributed by atoms with Crippen molar-refractivity contribution in [2.45, 2.75) is 25.4 Å². The van der Waals surface area contributed by atoms with Crippen molar-refractivity contribution in [1.82, 2.24) is 4.98 Å². The van der Waals surface area contributed by atoms with Crippen LogP contribution in [0.5, 0.6) is 5.75 Å². The zero-order valence-electron chi connectivity index (χ0n) is 11.3. The molecule has 2 aliphatic rings. The predicted octanol–water partition coefficient (Wildman–Crippen LogP) is 0.890. The molecule has 0 saturated carbocycles. The monoisotopic (exact) mass is 290 g/mol. The number of aromatic nitrogens is 1. The van der Waals surface area contributed by atoms with E-state index in [1.807, 2.05) is 0 Å². The first kappa shape index (κ1) is 13.5. The number of rotatable bonds is 4. The first-order valence-electron chi connectivity index (χ1n) is 6.73. The zero-order valence-corrected chi connectivity index (χ0v) is 11.3. The highest BCUT2D eigenvalue weighted by Crippen LogP contribution is 2.27. The fourth-order valence-electron chi connectivity index (χ4n) is 2.39. The van der Waals surface area contributed by atoms with Gasteiger partial charge in [-0.2, -0.15) is 0 Å². The molecule has 7 heteroatoms. The smallest absolute Gasteiger partial charge is 0.415 e. The minimum absolute atomic E-state index is 0.0417. The van der Waals surface area contributed by atoms with Crippen LogP contribution in [-0.4, -0.2) is 42.4 Å². The summed E-state index contributed by atoms with van der Waals surface area (Å²) in [6.07, 6.45) is 1.07. The van der Waals surface area contributed by atoms with E-state index in [0.29, 0.717) is 36.6 Å². The third-order valence-electron chi connectivity index (χ3n) is 3.43. The lowest BCUT2D eigenvalue weighted by Crippen LogP contribution is -2.27. The van der Waals surface area contributed by atoms with Gasteiger partial charge in [-0.25, -0.2) is 9.78 Å². The number of ketones is 1. The summed E-state index contributed by atoms with van der Waals surface area (Å²) in [5, 5.41) is 0. The molecule has 1 amide bonds. The number of Topliss-reactive ketones (excluding diaryl/α,β-unsaturated/α-hetero) is 1. The van der Waals surface area contributed by atoms with E-state index in [1.54, 1.807) is 12.1 Å². The Kier molecular flexibility index (Phi) is 3.55. The van der Waals surface area contributed by atoms with Gasteiger partial charge in [-0.15, -0.1) is 0 Å². The van der Waals surface area contributed by atoms with Crippen LogP contribution < -0.4 is 9.64 Å². The Labute approximate surface area is 120 Å². The molecule has 0 aromatic carbocycles. The number of hydrogen-bond donors (Lipinski definition) is 0. The summed E-state index contributed by atoms with van der Waals surface area (Å²) >= 11 is 0. The quantitative estimate of drug-likeness (QED) is 0.765. The molecule has 1 fully saturated rings. The molecular weight excluding hydrogens is 276 g/mol. The first-order valence-corrected chi connectivity index (χ1v) is 6.73. The number of aldehydes is 1. The van der Waals surface area contributed by atoms with Crippen molar-refractivity contribution in [2.75, 3.05) is 18.1 Å². The third-order valence-corrected chi connectivity index (χ3v) is 3.43. The standard InChI is InChI=1S/C14H14N2O5/c17-5-1-2-10-7-16(14(19)21-10)13-4-3-12-11(15-13)6-9(18)8-20-12/h3-5,10H,1-2,6-8H2. The number of anilines is 1. The molecule has 0 N–H and O–H groups in total. The number of nitrogens with zero attached hydrogens (tertiary/aromatic N) is 2. The third kappa shape index (κ3) is 2.72. The number of carbonyl (C=O) groups excluding carboxylic acids is 3. The second kappa shape index (κ2) is 5.51. The maximum absolute atomic E-state index is 11.9. The van der Waals surface area contributed by atoms with Gasteiger partial charge in [-0.3, -0.25) is 9.69 Å². The Morgan fingerprint density at radius 1 is 1.38 bits per heavy atom. The maximum Gasteiger partial charge on any atom is 0.415 e. The summed E-state index contributed by atoms with van der Waals surface area (Å²) in [6, 6.07) is 3.37.